The molecule has 2 aliphatic carbocycles. The predicted octanol–water partition coefficient (Wildman–Crippen LogP) is 6.66. The van der Waals surface area contributed by atoms with Crippen LogP contribution in [0.2, 0.25) is 0 Å². The van der Waals surface area contributed by atoms with E-state index in [1.165, 1.54) is 57.8 Å². The van der Waals surface area contributed by atoms with Crippen molar-refractivity contribution in [3.63, 3.8) is 0 Å². The number of halogens is 1. The molecular formula is C16H31ClRu. The van der Waals surface area contributed by atoms with E-state index in [-0.39, 0.29) is 22.3 Å². The van der Waals surface area contributed by atoms with E-state index >= 15 is 0 Å². The van der Waals surface area contributed by atoms with Crippen molar-refractivity contribution in [1.29, 1.82) is 0 Å². The summed E-state index contributed by atoms with van der Waals surface area (Å²) in [5.74, 6) is 0. The first kappa shape index (κ1) is 26.9. The predicted molar refractivity (Wildman–Crippen MR) is 84.9 cm³/mol. The minimum absolute atomic E-state index is 0. The Bertz CT molecular complexity index is 127. The van der Waals surface area contributed by atoms with Gasteiger partial charge in [-0.3, -0.25) is 0 Å². The normalized spacial score (nSPS) is 17.6. The summed E-state index contributed by atoms with van der Waals surface area (Å²) in [6.45, 7) is 0. The molecule has 2 heteroatoms. The average Bonchev–Trinajstić information content (AvgIpc) is 2.77. The molecule has 0 radical (unpaired) electrons. The van der Waals surface area contributed by atoms with Gasteiger partial charge in [0.2, 0.25) is 0 Å². The summed E-state index contributed by atoms with van der Waals surface area (Å²) in [6.07, 6.45) is 21.5. The molecule has 0 unspecified atom stereocenters. The van der Waals surface area contributed by atoms with Crippen LogP contribution in [0.4, 0.5) is 0 Å². The van der Waals surface area contributed by atoms with Crippen molar-refractivity contribution >= 4 is 9.69 Å². The van der Waals surface area contributed by atoms with Crippen LogP contribution in [0.1, 0.15) is 57.8 Å². The molecule has 0 aromatic rings. The number of hydrogen-bond donors (Lipinski definition) is 0. The molecule has 0 N–H and O–H groups in total. The fraction of sp³-hybridized carbons (Fsp3) is 0.562. The molecule has 1 fully saturated rings. The molecule has 0 aliphatic heterocycles. The molecule has 0 aromatic heterocycles. The molecule has 18 heavy (non-hydrogen) atoms. The van der Waals surface area contributed by atoms with E-state index in [1.807, 2.05) is 17.3 Å². The van der Waals surface area contributed by atoms with Crippen LogP contribution in [0, 0.1) is 22.3 Å². The molecular weight excluding hydrogens is 329 g/mol. The first-order valence-electron chi connectivity index (χ1n) is 5.93. The van der Waals surface area contributed by atoms with Crippen LogP contribution in [0.25, 0.3) is 0 Å². The van der Waals surface area contributed by atoms with Crippen molar-refractivity contribution < 1.29 is 17.3 Å². The molecule has 0 atom stereocenters. The second-order valence-corrected chi connectivity index (χ2v) is 3.87. The summed E-state index contributed by atoms with van der Waals surface area (Å²) in [7, 11) is 4.57. The van der Waals surface area contributed by atoms with E-state index in [0.717, 1.165) is 0 Å². The summed E-state index contributed by atoms with van der Waals surface area (Å²) < 4.78 is 0. The van der Waals surface area contributed by atoms with Crippen LogP contribution in [0.15, 0.2) is 24.3 Å². The van der Waals surface area contributed by atoms with Crippen molar-refractivity contribution in [2.24, 2.45) is 0 Å². The van der Waals surface area contributed by atoms with Gasteiger partial charge in [-0.1, -0.05) is 56.4 Å². The topological polar surface area (TPSA) is 0 Å². The molecule has 2 rings (SSSR count). The minimum atomic E-state index is 0. The molecule has 2 aliphatic rings. The zero-order valence-corrected chi connectivity index (χ0v) is 14.9. The fourth-order valence-electron chi connectivity index (χ4n) is 1.74. The van der Waals surface area contributed by atoms with E-state index < -0.39 is 0 Å². The summed E-state index contributed by atoms with van der Waals surface area (Å²) in [4.78, 5) is 0. The van der Waals surface area contributed by atoms with Crippen molar-refractivity contribution in [2.45, 2.75) is 57.8 Å². The molecule has 0 nitrogen and oxygen atoms in total. The molecule has 0 heterocycles. The van der Waals surface area contributed by atoms with Gasteiger partial charge in [0, 0.05) is 0 Å². The molecule has 0 spiro atoms. The first-order chi connectivity index (χ1) is 7.50. The van der Waals surface area contributed by atoms with Gasteiger partial charge in [-0.15, -0.1) is 0 Å². The van der Waals surface area contributed by atoms with Gasteiger partial charge in [-0.2, -0.15) is 0 Å². The Hall–Kier alpha value is 0.393. The molecule has 0 bridgehead atoms. The van der Waals surface area contributed by atoms with Gasteiger partial charge in [0.15, 0.2) is 0 Å². The summed E-state index contributed by atoms with van der Waals surface area (Å²) in [5, 5.41) is 0. The fourth-order valence-corrected chi connectivity index (χ4v) is 1.74. The molecule has 0 aromatic carbocycles. The van der Waals surface area contributed by atoms with Crippen molar-refractivity contribution in [2.75, 3.05) is 0 Å². The Kier molecular flexibility index (Phi) is 38.9. The van der Waals surface area contributed by atoms with Gasteiger partial charge in [0.1, 0.15) is 0 Å². The van der Waals surface area contributed by atoms with Gasteiger partial charge in [-0.25, -0.2) is 0 Å². The maximum absolute atomic E-state index is 4.57. The number of hydrogen-bond acceptors (Lipinski definition) is 0. The third-order valence-electron chi connectivity index (χ3n) is 2.58. The Morgan fingerprint density at radius 2 is 0.667 bits per heavy atom. The third-order valence-corrected chi connectivity index (χ3v) is 2.58. The summed E-state index contributed by atoms with van der Waals surface area (Å²) in [6, 6.07) is 0. The Morgan fingerprint density at radius 1 is 0.500 bits per heavy atom. The van der Waals surface area contributed by atoms with Gasteiger partial charge < -0.3 is 22.3 Å². The van der Waals surface area contributed by atoms with Crippen LogP contribution < -0.4 is 0 Å². The zero-order chi connectivity index (χ0) is 11.2. The van der Waals surface area contributed by atoms with E-state index in [1.54, 1.807) is 0 Å². The standard InChI is InChI=1S/C8H12.C5H10.3CH3.ClH.Ru/c1-2-4-6-8-7-5-3-1;1-2-4-5-3-1;;;;;/h1-2,7-8H,3-6H2;1-5H2;3*1H3;1H;/q;;3*-1;;+4/p-1/b2-1-,8-7?;;;;;;. The maximum atomic E-state index is 4.57. The molecule has 0 saturated heterocycles. The average molecular weight is 360 g/mol. The quantitative estimate of drug-likeness (QED) is 0.257. The number of rotatable bonds is 0. The molecule has 1 saturated carbocycles. The SMILES string of the molecule is C1=CCC/C=C\CC1.C1CCCC1.[CH3-].[CH3-].[CH3-].[Cl][Ru+3]. The summed E-state index contributed by atoms with van der Waals surface area (Å²) >= 11 is 1.82. The monoisotopic (exact) mass is 360 g/mol. The zero-order valence-electron chi connectivity index (χ0n) is 12.4. The van der Waals surface area contributed by atoms with Crippen molar-refractivity contribution in [1.82, 2.24) is 0 Å². The Balaban J connectivity index is -0.0000000873. The van der Waals surface area contributed by atoms with Crippen LogP contribution in [0.3, 0.4) is 0 Å². The van der Waals surface area contributed by atoms with Crippen LogP contribution in [0.5, 0.6) is 0 Å². The van der Waals surface area contributed by atoms with Gasteiger partial charge in [0.05, 0.1) is 0 Å². The van der Waals surface area contributed by atoms with Crippen LogP contribution in [-0.4, -0.2) is 0 Å². The first-order valence-corrected chi connectivity index (χ1v) is 8.17. The van der Waals surface area contributed by atoms with Crippen LogP contribution >= 0.6 is 9.69 Å². The van der Waals surface area contributed by atoms with E-state index in [0.29, 0.717) is 0 Å². The van der Waals surface area contributed by atoms with Crippen LogP contribution in [-0.2, 0) is 17.3 Å². The summed E-state index contributed by atoms with van der Waals surface area (Å²) in [5.41, 5.74) is 0. The second kappa shape index (κ2) is 26.1. The van der Waals surface area contributed by atoms with E-state index in [2.05, 4.69) is 34.0 Å². The second-order valence-electron chi connectivity index (χ2n) is 3.87. The van der Waals surface area contributed by atoms with E-state index in [4.69, 9.17) is 0 Å². The van der Waals surface area contributed by atoms with Crippen molar-refractivity contribution in [3.05, 3.63) is 46.6 Å². The van der Waals surface area contributed by atoms with Gasteiger partial charge in [0.25, 0.3) is 0 Å². The number of allylic oxidation sites excluding steroid dienone is 4. The Labute approximate surface area is 131 Å². The molecule has 0 amide bonds. The van der Waals surface area contributed by atoms with Gasteiger partial charge in [-0.05, 0) is 25.7 Å². The van der Waals surface area contributed by atoms with E-state index in [9.17, 15) is 0 Å². The van der Waals surface area contributed by atoms with Crippen molar-refractivity contribution in [3.8, 4) is 0 Å². The van der Waals surface area contributed by atoms with Gasteiger partial charge >= 0.3 is 27.0 Å². The molecule has 110 valence electrons. The Morgan fingerprint density at radius 3 is 0.833 bits per heavy atom. The third kappa shape index (κ3) is 21.7.